The zero-order chi connectivity index (χ0) is 20.2. The quantitative estimate of drug-likeness (QED) is 0.851. The Hall–Kier alpha value is -2.54. The number of fused-ring (bicyclic) bond motifs is 3. The molecule has 2 aromatic rings. The number of piperidine rings is 1. The van der Waals surface area contributed by atoms with Gasteiger partial charge in [0, 0.05) is 31.3 Å². The molecule has 4 heterocycles. The second-order valence-corrected chi connectivity index (χ2v) is 8.24. The van der Waals surface area contributed by atoms with E-state index in [4.69, 9.17) is 14.0 Å². The van der Waals surface area contributed by atoms with Crippen molar-refractivity contribution in [3.8, 4) is 11.5 Å². The van der Waals surface area contributed by atoms with Crippen LogP contribution in [0.1, 0.15) is 66.9 Å². The van der Waals surface area contributed by atoms with Gasteiger partial charge in [-0.2, -0.15) is 0 Å². The number of amides is 1. The van der Waals surface area contributed by atoms with Crippen LogP contribution in [-0.4, -0.2) is 39.9 Å². The third-order valence-corrected chi connectivity index (χ3v) is 6.61. The van der Waals surface area contributed by atoms with Crippen LogP contribution in [0.3, 0.4) is 0 Å². The number of hydrogen-bond donors (Lipinski definition) is 1. The summed E-state index contributed by atoms with van der Waals surface area (Å²) in [7, 11) is 0. The van der Waals surface area contributed by atoms with Crippen LogP contribution in [0.15, 0.2) is 22.7 Å². The topological polar surface area (TPSA) is 85.0 Å². The van der Waals surface area contributed by atoms with Gasteiger partial charge >= 0.3 is 0 Å². The minimum Gasteiger partial charge on any atom is -0.454 e. The molecule has 154 valence electrons. The molecule has 3 atom stereocenters. The van der Waals surface area contributed by atoms with Gasteiger partial charge in [-0.3, -0.25) is 4.79 Å². The Morgan fingerprint density at radius 3 is 2.59 bits per heavy atom. The zero-order valence-electron chi connectivity index (χ0n) is 16.8. The Balaban J connectivity index is 1.43. The van der Waals surface area contributed by atoms with Crippen LogP contribution < -0.4 is 9.47 Å². The zero-order valence-corrected chi connectivity index (χ0v) is 16.8. The van der Waals surface area contributed by atoms with Crippen LogP contribution in [0.2, 0.25) is 0 Å². The molecule has 7 nitrogen and oxygen atoms in total. The molecule has 7 heteroatoms. The third kappa shape index (κ3) is 2.82. The van der Waals surface area contributed by atoms with E-state index in [0.717, 1.165) is 24.1 Å². The molecule has 1 aromatic carbocycles. The molecule has 0 spiro atoms. The van der Waals surface area contributed by atoms with Gasteiger partial charge < -0.3 is 24.0 Å². The van der Waals surface area contributed by atoms with Crippen molar-refractivity contribution in [1.29, 1.82) is 0 Å². The van der Waals surface area contributed by atoms with Gasteiger partial charge in [0.05, 0.1) is 11.3 Å². The molecule has 29 heavy (non-hydrogen) atoms. The number of benzene rings is 1. The Kier molecular flexibility index (Phi) is 4.31. The lowest BCUT2D eigenvalue weighted by atomic mass is 9.80. The molecule has 5 rings (SSSR count). The van der Waals surface area contributed by atoms with Crippen molar-refractivity contribution in [3.63, 3.8) is 0 Å². The van der Waals surface area contributed by atoms with Gasteiger partial charge in [-0.1, -0.05) is 25.1 Å². The maximum absolute atomic E-state index is 13.5. The monoisotopic (exact) mass is 398 g/mol. The summed E-state index contributed by atoms with van der Waals surface area (Å²) in [6, 6.07) is 5.65. The first-order chi connectivity index (χ1) is 14.0. The number of ether oxygens (including phenoxy) is 2. The fourth-order valence-corrected chi connectivity index (χ4v) is 5.20. The Morgan fingerprint density at radius 1 is 1.17 bits per heavy atom. The van der Waals surface area contributed by atoms with Crippen LogP contribution in [0.25, 0.3) is 0 Å². The molecule has 3 aliphatic heterocycles. The van der Waals surface area contributed by atoms with Gasteiger partial charge in [-0.05, 0) is 37.0 Å². The Labute approximate surface area is 169 Å². The van der Waals surface area contributed by atoms with Crippen molar-refractivity contribution < 1.29 is 23.9 Å². The Bertz CT molecular complexity index is 917. The summed E-state index contributed by atoms with van der Waals surface area (Å²) >= 11 is 0. The summed E-state index contributed by atoms with van der Waals surface area (Å²) in [5.74, 6) is 2.04. The lowest BCUT2D eigenvalue weighted by Crippen LogP contribution is -2.52. The molecule has 1 aromatic heterocycles. The van der Waals surface area contributed by atoms with Gasteiger partial charge in [0.1, 0.15) is 11.3 Å². The summed E-state index contributed by atoms with van der Waals surface area (Å²) < 4.78 is 16.3. The third-order valence-electron chi connectivity index (χ3n) is 6.61. The van der Waals surface area contributed by atoms with Crippen LogP contribution in [0, 0.1) is 0 Å². The predicted molar refractivity (Wildman–Crippen MR) is 104 cm³/mol. The van der Waals surface area contributed by atoms with Crippen molar-refractivity contribution in [3.05, 3.63) is 40.8 Å². The summed E-state index contributed by atoms with van der Waals surface area (Å²) in [6.07, 6.45) is 4.13. The van der Waals surface area contributed by atoms with Crippen LogP contribution in [-0.2, 0) is 18.4 Å². The molecule has 0 radical (unpaired) electrons. The molecule has 1 unspecified atom stereocenters. The molecule has 0 saturated carbocycles. The number of carbonyl (C=O) groups is 1. The summed E-state index contributed by atoms with van der Waals surface area (Å²) in [5, 5.41) is 15.6. The first kappa shape index (κ1) is 18.5. The van der Waals surface area contributed by atoms with Crippen LogP contribution in [0.5, 0.6) is 11.5 Å². The molecular formula is C22H26N2O5. The van der Waals surface area contributed by atoms with Crippen molar-refractivity contribution in [1.82, 2.24) is 10.1 Å². The molecule has 2 bridgehead atoms. The van der Waals surface area contributed by atoms with E-state index in [9.17, 15) is 9.90 Å². The average Bonchev–Trinajstić information content (AvgIpc) is 3.42. The van der Waals surface area contributed by atoms with Crippen molar-refractivity contribution >= 4 is 5.91 Å². The van der Waals surface area contributed by atoms with Crippen molar-refractivity contribution in [2.24, 2.45) is 0 Å². The molecule has 3 aliphatic rings. The number of carbonyl (C=O) groups excluding carboxylic acids is 1. The SMILES string of the molecule is CCc1noc(CC)c1C(=O)N1[C@@H]2CC[C@H]1CC(O)(c1ccc3c(c1)OCO3)C2. The highest BCUT2D eigenvalue weighted by atomic mass is 16.7. The van der Waals surface area contributed by atoms with Crippen molar-refractivity contribution in [2.75, 3.05) is 6.79 Å². The first-order valence-corrected chi connectivity index (χ1v) is 10.5. The lowest BCUT2D eigenvalue weighted by Gasteiger charge is -2.44. The van der Waals surface area contributed by atoms with E-state index in [1.54, 1.807) is 0 Å². The minimum atomic E-state index is -0.973. The number of hydrogen-bond acceptors (Lipinski definition) is 6. The molecular weight excluding hydrogens is 372 g/mol. The number of aromatic nitrogens is 1. The smallest absolute Gasteiger partial charge is 0.259 e. The summed E-state index contributed by atoms with van der Waals surface area (Å²) in [4.78, 5) is 15.5. The van der Waals surface area contributed by atoms with E-state index in [2.05, 4.69) is 5.16 Å². The number of rotatable bonds is 4. The van der Waals surface area contributed by atoms with E-state index in [-0.39, 0.29) is 24.8 Å². The number of aryl methyl sites for hydroxylation is 2. The van der Waals surface area contributed by atoms with E-state index in [1.165, 1.54) is 0 Å². The molecule has 0 aliphatic carbocycles. The summed E-state index contributed by atoms with van der Waals surface area (Å²) in [5.41, 5.74) is 1.21. The van der Waals surface area contributed by atoms with Gasteiger partial charge in [0.2, 0.25) is 6.79 Å². The van der Waals surface area contributed by atoms with E-state index in [1.807, 2.05) is 36.9 Å². The largest absolute Gasteiger partial charge is 0.454 e. The van der Waals surface area contributed by atoms with Crippen LogP contribution in [0.4, 0.5) is 0 Å². The van der Waals surface area contributed by atoms with E-state index < -0.39 is 5.60 Å². The molecule has 1 N–H and O–H groups in total. The number of aliphatic hydroxyl groups is 1. The highest BCUT2D eigenvalue weighted by Crippen LogP contribution is 2.48. The highest BCUT2D eigenvalue weighted by Gasteiger charge is 2.51. The second-order valence-electron chi connectivity index (χ2n) is 8.24. The van der Waals surface area contributed by atoms with Gasteiger partial charge in [0.25, 0.3) is 5.91 Å². The fourth-order valence-electron chi connectivity index (χ4n) is 5.20. The fraction of sp³-hybridized carbons (Fsp3) is 0.545. The first-order valence-electron chi connectivity index (χ1n) is 10.5. The maximum Gasteiger partial charge on any atom is 0.259 e. The predicted octanol–water partition coefficient (Wildman–Crippen LogP) is 3.18. The number of nitrogens with zero attached hydrogens (tertiary/aromatic N) is 2. The second kappa shape index (κ2) is 6.76. The minimum absolute atomic E-state index is 0.000173. The van der Waals surface area contributed by atoms with Gasteiger partial charge in [0.15, 0.2) is 11.5 Å². The van der Waals surface area contributed by atoms with Crippen LogP contribution >= 0.6 is 0 Å². The summed E-state index contributed by atoms with van der Waals surface area (Å²) in [6.45, 7) is 4.17. The standard InChI is InChI=1S/C22H26N2O5/c1-3-16-20(17(4-2)29-23-16)21(25)24-14-6-7-15(24)11-22(26,10-14)13-5-8-18-19(9-13)28-12-27-18/h5,8-9,14-15,26H,3-4,6-7,10-12H2,1-2H3/t14-,15+,22?. The van der Waals surface area contributed by atoms with E-state index >= 15 is 0 Å². The van der Waals surface area contributed by atoms with Crippen molar-refractivity contribution in [2.45, 2.75) is 70.1 Å². The van der Waals surface area contributed by atoms with Gasteiger partial charge in [-0.15, -0.1) is 0 Å². The lowest BCUT2D eigenvalue weighted by molar-refractivity contribution is -0.0480. The molecule has 1 amide bonds. The Morgan fingerprint density at radius 2 is 1.90 bits per heavy atom. The average molecular weight is 398 g/mol. The normalized spacial score (nSPS) is 27.5. The molecule has 2 fully saturated rings. The van der Waals surface area contributed by atoms with Gasteiger partial charge in [-0.25, -0.2) is 0 Å². The maximum atomic E-state index is 13.5. The molecule has 2 saturated heterocycles. The highest BCUT2D eigenvalue weighted by molar-refractivity contribution is 5.97. The van der Waals surface area contributed by atoms with E-state index in [0.29, 0.717) is 48.5 Å².